The summed E-state index contributed by atoms with van der Waals surface area (Å²) in [5, 5.41) is 14.5. The molecule has 1 atom stereocenters. The Kier molecular flexibility index (Phi) is 9.47. The van der Waals surface area contributed by atoms with Gasteiger partial charge < -0.3 is 24.9 Å². The zero-order valence-corrected chi connectivity index (χ0v) is 18.9. The van der Waals surface area contributed by atoms with Gasteiger partial charge in [0, 0.05) is 19.5 Å². The molecule has 2 amide bonds. The highest BCUT2D eigenvalue weighted by Crippen LogP contribution is 2.37. The van der Waals surface area contributed by atoms with Crippen LogP contribution in [0.15, 0.2) is 0 Å². The van der Waals surface area contributed by atoms with Crippen LogP contribution < -0.4 is 10.6 Å². The number of aliphatic carboxylic acids is 1. The third-order valence-electron chi connectivity index (χ3n) is 4.27. The van der Waals surface area contributed by atoms with Crippen molar-refractivity contribution in [3.8, 4) is 0 Å². The minimum Gasteiger partial charge on any atom is -0.479 e. The predicted octanol–water partition coefficient (Wildman–Crippen LogP) is 2.88. The van der Waals surface area contributed by atoms with Crippen LogP contribution in [0.4, 0.5) is 4.79 Å². The highest BCUT2D eigenvalue weighted by Gasteiger charge is 2.40. The van der Waals surface area contributed by atoms with Crippen molar-refractivity contribution in [2.45, 2.75) is 84.2 Å². The van der Waals surface area contributed by atoms with Gasteiger partial charge in [-0.3, -0.25) is 4.79 Å². The summed E-state index contributed by atoms with van der Waals surface area (Å²) in [6, 6.07) is 0. The number of hydrogen-bond donors (Lipinski definition) is 3. The maximum Gasteiger partial charge on any atom is 0.407 e. The molecule has 3 N–H and O–H groups in total. The second-order valence-electron chi connectivity index (χ2n) is 9.02. The fraction of sp³-hybridized carbons (Fsp3) is 0.833. The van der Waals surface area contributed by atoms with E-state index in [9.17, 15) is 19.5 Å². The Morgan fingerprint density at radius 3 is 1.96 bits per heavy atom. The largest absolute Gasteiger partial charge is 0.479 e. The molecule has 0 spiro atoms. The summed E-state index contributed by atoms with van der Waals surface area (Å²) in [4.78, 5) is 34.9. The number of nitrogens with one attached hydrogen (secondary N) is 2. The van der Waals surface area contributed by atoms with E-state index in [1.165, 1.54) is 0 Å². The van der Waals surface area contributed by atoms with Crippen LogP contribution in [-0.2, 0) is 18.8 Å². The van der Waals surface area contributed by atoms with E-state index in [0.717, 1.165) is 0 Å². The number of carbonyl (C=O) groups excluding carboxylic acids is 2. The SMILES string of the molecule is CC(C)(C)OC(=O)NCCNC(=O)CCC(O[Si](C)(C)C(C)(C)C)C(=O)O. The smallest absolute Gasteiger partial charge is 0.407 e. The minimum absolute atomic E-state index is 0.0397. The topological polar surface area (TPSA) is 114 Å². The predicted molar refractivity (Wildman–Crippen MR) is 106 cm³/mol. The fourth-order valence-corrected chi connectivity index (χ4v) is 3.08. The Balaban J connectivity index is 4.30. The first-order valence-electron chi connectivity index (χ1n) is 9.19. The number of carboxylic acids is 1. The molecule has 0 rings (SSSR count). The van der Waals surface area contributed by atoms with Crippen LogP contribution >= 0.6 is 0 Å². The van der Waals surface area contributed by atoms with Crippen LogP contribution in [0, 0.1) is 0 Å². The van der Waals surface area contributed by atoms with Gasteiger partial charge in [0.2, 0.25) is 5.91 Å². The maximum atomic E-state index is 11.9. The number of carboxylic acid groups (broad SMARTS) is 1. The van der Waals surface area contributed by atoms with Crippen molar-refractivity contribution in [3.05, 3.63) is 0 Å². The molecule has 0 aromatic carbocycles. The number of carbonyl (C=O) groups is 3. The number of amides is 2. The van der Waals surface area contributed by atoms with E-state index in [4.69, 9.17) is 9.16 Å². The molecular formula is C18H36N2O6Si. The van der Waals surface area contributed by atoms with Crippen LogP contribution in [0.1, 0.15) is 54.4 Å². The van der Waals surface area contributed by atoms with Gasteiger partial charge in [0.1, 0.15) is 11.7 Å². The molecule has 0 fully saturated rings. The number of hydrogen-bond acceptors (Lipinski definition) is 5. The number of ether oxygens (including phenoxy) is 1. The number of alkyl carbamates (subject to hydrolysis) is 1. The van der Waals surface area contributed by atoms with E-state index in [-0.39, 0.29) is 36.9 Å². The summed E-state index contributed by atoms with van der Waals surface area (Å²) in [6.07, 6.45) is -1.41. The van der Waals surface area contributed by atoms with Gasteiger partial charge >= 0.3 is 12.1 Å². The maximum absolute atomic E-state index is 11.9. The summed E-state index contributed by atoms with van der Waals surface area (Å²) in [5.41, 5.74) is -0.580. The van der Waals surface area contributed by atoms with Crippen LogP contribution in [0.2, 0.25) is 18.1 Å². The Morgan fingerprint density at radius 2 is 1.52 bits per heavy atom. The highest BCUT2D eigenvalue weighted by molar-refractivity contribution is 6.74. The molecule has 0 radical (unpaired) electrons. The first-order valence-corrected chi connectivity index (χ1v) is 12.1. The third kappa shape index (κ3) is 11.0. The van der Waals surface area contributed by atoms with Crippen molar-refractivity contribution < 1.29 is 28.7 Å². The molecule has 8 nitrogen and oxygen atoms in total. The molecule has 0 aliphatic rings. The Morgan fingerprint density at radius 1 is 1.00 bits per heavy atom. The van der Waals surface area contributed by atoms with Crippen LogP contribution in [-0.4, -0.2) is 56.2 Å². The average molecular weight is 405 g/mol. The van der Waals surface area contributed by atoms with Crippen molar-refractivity contribution >= 4 is 26.3 Å². The Hall–Kier alpha value is -1.61. The molecule has 0 aromatic rings. The quantitative estimate of drug-likeness (QED) is 0.402. The van der Waals surface area contributed by atoms with E-state index in [0.29, 0.717) is 0 Å². The standard InChI is InChI=1S/C18H36N2O6Si/c1-17(2,3)25-16(24)20-12-11-19-14(21)10-9-13(15(22)23)26-27(7,8)18(4,5)6/h13H,9-12H2,1-8H3,(H,19,21)(H,20,24)(H,22,23). The van der Waals surface area contributed by atoms with Gasteiger partial charge in [-0.15, -0.1) is 0 Å². The molecule has 0 aliphatic heterocycles. The minimum atomic E-state index is -2.24. The van der Waals surface area contributed by atoms with E-state index in [1.807, 2.05) is 33.9 Å². The summed E-state index contributed by atoms with van der Waals surface area (Å²) >= 11 is 0. The van der Waals surface area contributed by atoms with Gasteiger partial charge in [-0.05, 0) is 45.3 Å². The normalized spacial score (nSPS) is 13.6. The third-order valence-corrected chi connectivity index (χ3v) is 8.75. The van der Waals surface area contributed by atoms with Crippen molar-refractivity contribution in [2.75, 3.05) is 13.1 Å². The van der Waals surface area contributed by atoms with Crippen molar-refractivity contribution in [1.82, 2.24) is 10.6 Å². The van der Waals surface area contributed by atoms with Gasteiger partial charge in [-0.1, -0.05) is 20.8 Å². The lowest BCUT2D eigenvalue weighted by Gasteiger charge is -2.38. The second kappa shape index (κ2) is 10.1. The fourth-order valence-electron chi connectivity index (χ4n) is 1.80. The lowest BCUT2D eigenvalue weighted by molar-refractivity contribution is -0.146. The van der Waals surface area contributed by atoms with Crippen molar-refractivity contribution in [1.29, 1.82) is 0 Å². The molecule has 0 aromatic heterocycles. The first kappa shape index (κ1) is 25.4. The van der Waals surface area contributed by atoms with Gasteiger partial charge in [0.15, 0.2) is 8.32 Å². The van der Waals surface area contributed by atoms with Crippen molar-refractivity contribution in [2.24, 2.45) is 0 Å². The molecule has 9 heteroatoms. The van der Waals surface area contributed by atoms with E-state index in [1.54, 1.807) is 20.8 Å². The summed E-state index contributed by atoms with van der Waals surface area (Å²) in [5.74, 6) is -1.34. The highest BCUT2D eigenvalue weighted by atomic mass is 28.4. The first-order chi connectivity index (χ1) is 12.0. The zero-order chi connectivity index (χ0) is 21.5. The number of rotatable bonds is 9. The molecule has 158 valence electrons. The lowest BCUT2D eigenvalue weighted by Crippen LogP contribution is -2.46. The van der Waals surface area contributed by atoms with Gasteiger partial charge in [-0.2, -0.15) is 0 Å². The Labute approximate surface area is 163 Å². The van der Waals surface area contributed by atoms with Gasteiger partial charge in [0.05, 0.1) is 0 Å². The molecule has 1 unspecified atom stereocenters. The summed E-state index contributed by atoms with van der Waals surface area (Å²) < 4.78 is 11.0. The van der Waals surface area contributed by atoms with Crippen LogP contribution in [0.5, 0.6) is 0 Å². The average Bonchev–Trinajstić information content (AvgIpc) is 2.44. The van der Waals surface area contributed by atoms with Gasteiger partial charge in [-0.25, -0.2) is 9.59 Å². The molecule has 0 heterocycles. The molecule has 0 saturated carbocycles. The van der Waals surface area contributed by atoms with Gasteiger partial charge in [0.25, 0.3) is 0 Å². The summed E-state index contributed by atoms with van der Waals surface area (Å²) in [7, 11) is -2.24. The zero-order valence-electron chi connectivity index (χ0n) is 17.9. The Bertz CT molecular complexity index is 523. The molecular weight excluding hydrogens is 368 g/mol. The van der Waals surface area contributed by atoms with Crippen molar-refractivity contribution in [3.63, 3.8) is 0 Å². The molecule has 0 saturated heterocycles. The molecule has 27 heavy (non-hydrogen) atoms. The van der Waals surface area contributed by atoms with E-state index >= 15 is 0 Å². The van der Waals surface area contributed by atoms with E-state index < -0.39 is 32.1 Å². The van der Waals surface area contributed by atoms with Crippen LogP contribution in [0.3, 0.4) is 0 Å². The van der Waals surface area contributed by atoms with E-state index in [2.05, 4.69) is 10.6 Å². The molecule has 0 aliphatic carbocycles. The van der Waals surface area contributed by atoms with Crippen LogP contribution in [0.25, 0.3) is 0 Å². The second-order valence-corrected chi connectivity index (χ2v) is 13.8. The molecule has 0 bridgehead atoms. The monoisotopic (exact) mass is 404 g/mol. The lowest BCUT2D eigenvalue weighted by atomic mass is 10.2. The summed E-state index contributed by atoms with van der Waals surface area (Å²) in [6.45, 7) is 15.8.